The van der Waals surface area contributed by atoms with Crippen molar-refractivity contribution in [3.63, 3.8) is 0 Å². The van der Waals surface area contributed by atoms with Gasteiger partial charge in [-0.05, 0) is 48.7 Å². The van der Waals surface area contributed by atoms with Crippen molar-refractivity contribution in [2.75, 3.05) is 36.8 Å². The Kier molecular flexibility index (Phi) is 6.07. The number of fused-ring (bicyclic) bond motifs is 1. The van der Waals surface area contributed by atoms with Crippen LogP contribution in [0.15, 0.2) is 53.6 Å². The summed E-state index contributed by atoms with van der Waals surface area (Å²) in [5.41, 5.74) is 4.99. The molecule has 0 bridgehead atoms. The van der Waals surface area contributed by atoms with Gasteiger partial charge in [0.05, 0.1) is 18.2 Å². The number of aromatic nitrogens is 1. The van der Waals surface area contributed by atoms with Crippen LogP contribution in [-0.4, -0.2) is 48.0 Å². The molecule has 1 fully saturated rings. The van der Waals surface area contributed by atoms with E-state index in [1.54, 1.807) is 18.4 Å². The van der Waals surface area contributed by atoms with Gasteiger partial charge in [0.25, 0.3) is 0 Å². The number of hydrogen-bond donors (Lipinski definition) is 2. The van der Waals surface area contributed by atoms with E-state index in [-0.39, 0.29) is 6.10 Å². The lowest BCUT2D eigenvalue weighted by Gasteiger charge is -2.18. The lowest BCUT2D eigenvalue weighted by Crippen LogP contribution is -2.20. The zero-order valence-corrected chi connectivity index (χ0v) is 18.5. The summed E-state index contributed by atoms with van der Waals surface area (Å²) in [6.45, 7) is 5.65. The first-order chi connectivity index (χ1) is 13.9. The van der Waals surface area contributed by atoms with Gasteiger partial charge < -0.3 is 19.5 Å². The van der Waals surface area contributed by atoms with Crippen molar-refractivity contribution in [3.05, 3.63) is 48.7 Å². The smallest absolute Gasteiger partial charge is 0.210 e. The molecule has 2 N–H and O–H groups in total. The number of thioether (sulfide) groups is 1. The number of nitrogens with one attached hydrogen (secondary N) is 1. The van der Waals surface area contributed by atoms with E-state index in [4.69, 9.17) is 4.52 Å². The van der Waals surface area contributed by atoms with Gasteiger partial charge in [-0.15, -0.1) is 11.8 Å². The van der Waals surface area contributed by atoms with Crippen molar-refractivity contribution in [1.29, 1.82) is 0 Å². The molecule has 1 unspecified atom stereocenters. The molecule has 29 heavy (non-hydrogen) atoms. The molecular weight excluding hydrogens is 403 g/mol. The number of nitrogens with zero attached hydrogens (tertiary/aromatic N) is 1. The molecule has 1 aliphatic rings. The van der Waals surface area contributed by atoms with E-state index in [1.807, 2.05) is 13.1 Å². The fourth-order valence-electron chi connectivity index (χ4n) is 3.73. The number of benzene rings is 2. The van der Waals surface area contributed by atoms with Crippen molar-refractivity contribution >= 4 is 35.7 Å². The highest BCUT2D eigenvalue weighted by Crippen LogP contribution is 2.48. The molecule has 0 amide bonds. The number of β-amino-alcohol motifs (C(OH)–C–C–N with tert-alkyl or cyclic N) is 1. The average Bonchev–Trinajstić information content (AvgIpc) is 3.32. The predicted octanol–water partition coefficient (Wildman–Crippen LogP) is 5.40. The first-order valence-electron chi connectivity index (χ1n) is 9.93. The van der Waals surface area contributed by atoms with Crippen LogP contribution < -0.4 is 4.90 Å². The third kappa shape index (κ3) is 4.72. The first kappa shape index (κ1) is 20.5. The molecule has 2 heterocycles. The molecule has 1 aromatic heterocycles. The Morgan fingerprint density at radius 1 is 1.24 bits per heavy atom. The third-order valence-corrected chi connectivity index (χ3v) is 9.08. The van der Waals surface area contributed by atoms with Crippen LogP contribution in [0.5, 0.6) is 0 Å². The fraction of sp³-hybridized carbons (Fsp3) is 0.364. The Morgan fingerprint density at radius 2 is 2.00 bits per heavy atom. The lowest BCUT2D eigenvalue weighted by atomic mass is 10.0. The molecular formula is C22H27N2O3PS. The highest BCUT2D eigenvalue weighted by Gasteiger charge is 2.20. The highest BCUT2D eigenvalue weighted by atomic mass is 32.2. The summed E-state index contributed by atoms with van der Waals surface area (Å²) < 4.78 is 17.8. The molecule has 0 radical (unpaired) electrons. The lowest BCUT2D eigenvalue weighted by molar-refractivity contribution is 0.198. The van der Waals surface area contributed by atoms with Gasteiger partial charge >= 0.3 is 0 Å². The van der Waals surface area contributed by atoms with E-state index in [9.17, 15) is 9.67 Å². The summed E-state index contributed by atoms with van der Waals surface area (Å²) in [5, 5.41) is 10.9. The van der Waals surface area contributed by atoms with Crippen LogP contribution in [0.2, 0.25) is 0 Å². The van der Waals surface area contributed by atoms with Gasteiger partial charge in [0.1, 0.15) is 0 Å². The average molecular weight is 431 g/mol. The minimum Gasteiger partial charge on any atom is -0.391 e. The topological polar surface area (TPSA) is 65.6 Å². The maximum absolute atomic E-state index is 12.4. The summed E-state index contributed by atoms with van der Waals surface area (Å²) in [6.07, 6.45) is 2.59. The van der Waals surface area contributed by atoms with Crippen LogP contribution in [0.4, 0.5) is 5.69 Å². The molecule has 154 valence electrons. The second-order valence-electron chi connectivity index (χ2n) is 7.55. The molecule has 0 saturated carbocycles. The summed E-state index contributed by atoms with van der Waals surface area (Å²) in [4.78, 5) is 6.62. The second-order valence-corrected chi connectivity index (χ2v) is 11.6. The zero-order valence-electron chi connectivity index (χ0n) is 16.8. The minimum absolute atomic E-state index is 0.220. The van der Waals surface area contributed by atoms with Gasteiger partial charge in [0.15, 0.2) is 0 Å². The van der Waals surface area contributed by atoms with Crippen LogP contribution in [0.1, 0.15) is 13.3 Å². The van der Waals surface area contributed by atoms with Gasteiger partial charge in [-0.1, -0.05) is 18.2 Å². The zero-order chi connectivity index (χ0) is 20.4. The molecule has 3 aromatic rings. The Bertz CT molecular complexity index is 1030. The van der Waals surface area contributed by atoms with Crippen LogP contribution >= 0.6 is 19.1 Å². The summed E-state index contributed by atoms with van der Waals surface area (Å²) in [5.74, 6) is 0. The Labute approximate surface area is 175 Å². The van der Waals surface area contributed by atoms with Crippen molar-refractivity contribution in [1.82, 2.24) is 4.98 Å². The maximum atomic E-state index is 12.4. The highest BCUT2D eigenvalue weighted by molar-refractivity contribution is 8.05. The SMILES string of the molecule is CCOP(C)(=O)CSc1c[nH]c2ccc(-c3ccc(N4CC[C@H](O)C4)cc3)cc12. The molecule has 0 spiro atoms. The van der Waals surface area contributed by atoms with Gasteiger partial charge in [0, 0.05) is 47.4 Å². The molecule has 2 atom stereocenters. The van der Waals surface area contributed by atoms with Crippen LogP contribution in [0.3, 0.4) is 0 Å². The second kappa shape index (κ2) is 8.57. The van der Waals surface area contributed by atoms with Gasteiger partial charge in [0.2, 0.25) is 7.37 Å². The predicted molar refractivity (Wildman–Crippen MR) is 122 cm³/mol. The largest absolute Gasteiger partial charge is 0.391 e. The number of anilines is 1. The number of aliphatic hydroxyl groups is 1. The van der Waals surface area contributed by atoms with E-state index in [1.165, 1.54) is 0 Å². The number of aromatic amines is 1. The first-order valence-corrected chi connectivity index (χ1v) is 13.2. The van der Waals surface area contributed by atoms with E-state index in [0.717, 1.165) is 45.6 Å². The summed E-state index contributed by atoms with van der Waals surface area (Å²) >= 11 is 1.58. The molecule has 1 saturated heterocycles. The molecule has 1 aliphatic heterocycles. The monoisotopic (exact) mass is 430 g/mol. The number of H-pyrrole nitrogens is 1. The normalized spacial score (nSPS) is 19.0. The molecule has 2 aromatic carbocycles. The standard InChI is InChI=1S/C22H27N2O3PS/c1-3-27-28(2,26)15-29-22-13-23-21-9-6-17(12-20(21)22)16-4-7-18(8-5-16)24-11-10-19(25)14-24/h4-9,12-13,19,23,25H,3,10-11,14-15H2,1-2H3/t19-,28?/m0/s1. The number of rotatable bonds is 7. The number of aliphatic hydroxyl groups excluding tert-OH is 1. The van der Waals surface area contributed by atoms with Crippen molar-refractivity contribution < 1.29 is 14.2 Å². The number of hydrogen-bond acceptors (Lipinski definition) is 5. The summed E-state index contributed by atoms with van der Waals surface area (Å²) in [7, 11) is -2.58. The summed E-state index contributed by atoms with van der Waals surface area (Å²) in [6, 6.07) is 14.9. The van der Waals surface area contributed by atoms with Crippen molar-refractivity contribution in [2.24, 2.45) is 0 Å². The van der Waals surface area contributed by atoms with E-state index in [0.29, 0.717) is 18.6 Å². The van der Waals surface area contributed by atoms with Gasteiger partial charge in [-0.2, -0.15) is 0 Å². The molecule has 4 rings (SSSR count). The quantitative estimate of drug-likeness (QED) is 0.388. The molecule has 5 nitrogen and oxygen atoms in total. The minimum atomic E-state index is -2.58. The molecule has 7 heteroatoms. The van der Waals surface area contributed by atoms with Crippen molar-refractivity contribution in [2.45, 2.75) is 24.3 Å². The maximum Gasteiger partial charge on any atom is 0.210 e. The fourth-order valence-corrected chi connectivity index (χ4v) is 6.54. The Balaban J connectivity index is 1.54. The van der Waals surface area contributed by atoms with Gasteiger partial charge in [-0.25, -0.2) is 0 Å². The Hall–Kier alpha value is -1.72. The van der Waals surface area contributed by atoms with Crippen molar-refractivity contribution in [3.8, 4) is 11.1 Å². The van der Waals surface area contributed by atoms with E-state index < -0.39 is 7.37 Å². The van der Waals surface area contributed by atoms with Crippen LogP contribution in [0, 0.1) is 0 Å². The Morgan fingerprint density at radius 3 is 2.69 bits per heavy atom. The van der Waals surface area contributed by atoms with E-state index in [2.05, 4.69) is 52.3 Å². The molecule has 0 aliphatic carbocycles. The van der Waals surface area contributed by atoms with Gasteiger partial charge in [-0.3, -0.25) is 4.57 Å². The van der Waals surface area contributed by atoms with Crippen LogP contribution in [0.25, 0.3) is 22.0 Å². The van der Waals surface area contributed by atoms with E-state index >= 15 is 0 Å². The van der Waals surface area contributed by atoms with Crippen LogP contribution in [-0.2, 0) is 9.09 Å². The third-order valence-electron chi connectivity index (χ3n) is 5.23.